The number of carbonyl (C=O) groups is 1. The zero-order valence-electron chi connectivity index (χ0n) is 17.7. The summed E-state index contributed by atoms with van der Waals surface area (Å²) in [5, 5.41) is 14.0. The van der Waals surface area contributed by atoms with Gasteiger partial charge in [-0.05, 0) is 49.7 Å². The minimum atomic E-state index is -0.760. The first-order valence-corrected chi connectivity index (χ1v) is 11.1. The largest absolute Gasteiger partial charge is 0.481 e. The standard InChI is InChI=1S/C24H22FN5O3/c25-15-7-16-17(10-27-22(16)26-9-15)23-28-18(14-5-6-33-11-14)8-19(30-23)29-21-13-3-1-12(2-4-13)20(21)24(31)32/h5-13,20-21H,1-4H2,(H,26,27)(H,31,32)(H,28,29,30). The topological polar surface area (TPSA) is 117 Å². The van der Waals surface area contributed by atoms with Gasteiger partial charge in [0.2, 0.25) is 0 Å². The molecule has 3 aliphatic rings. The molecule has 33 heavy (non-hydrogen) atoms. The van der Waals surface area contributed by atoms with Gasteiger partial charge < -0.3 is 19.8 Å². The highest BCUT2D eigenvalue weighted by atomic mass is 19.1. The lowest BCUT2D eigenvalue weighted by Gasteiger charge is -2.47. The number of aromatic nitrogens is 4. The molecular weight excluding hydrogens is 425 g/mol. The molecule has 3 aliphatic carbocycles. The maximum Gasteiger partial charge on any atom is 0.308 e. The SMILES string of the molecule is O=C(O)C1C2CCC(CC2)C1Nc1cc(-c2ccoc2)nc(-c2c[nH]c3ncc(F)cc23)n1. The first kappa shape index (κ1) is 19.9. The van der Waals surface area contributed by atoms with Crippen LogP contribution >= 0.6 is 0 Å². The van der Waals surface area contributed by atoms with Gasteiger partial charge in [-0.1, -0.05) is 0 Å². The van der Waals surface area contributed by atoms with Gasteiger partial charge in [-0.2, -0.15) is 0 Å². The zero-order valence-corrected chi connectivity index (χ0v) is 17.7. The van der Waals surface area contributed by atoms with E-state index in [9.17, 15) is 14.3 Å². The Kier molecular flexibility index (Phi) is 4.63. The fourth-order valence-corrected chi connectivity index (χ4v) is 5.55. The molecule has 8 nitrogen and oxygen atoms in total. The minimum Gasteiger partial charge on any atom is -0.481 e. The number of nitrogens with zero attached hydrogens (tertiary/aromatic N) is 3. The van der Waals surface area contributed by atoms with E-state index in [1.54, 1.807) is 24.8 Å². The molecule has 2 bridgehead atoms. The Hall–Kier alpha value is -3.75. The Balaban J connectivity index is 1.45. The summed E-state index contributed by atoms with van der Waals surface area (Å²) in [6.45, 7) is 0. The summed E-state index contributed by atoms with van der Waals surface area (Å²) in [5.41, 5.74) is 2.55. The van der Waals surface area contributed by atoms with Crippen LogP contribution in [0, 0.1) is 23.6 Å². The van der Waals surface area contributed by atoms with Crippen molar-refractivity contribution in [2.24, 2.45) is 17.8 Å². The molecule has 0 aliphatic heterocycles. The predicted octanol–water partition coefficient (Wildman–Crippen LogP) is 4.72. The molecular formula is C24H22FN5O3. The van der Waals surface area contributed by atoms with Gasteiger partial charge >= 0.3 is 5.97 Å². The highest BCUT2D eigenvalue weighted by Crippen LogP contribution is 2.46. The van der Waals surface area contributed by atoms with E-state index in [4.69, 9.17) is 14.4 Å². The molecule has 2 atom stereocenters. The fraction of sp³-hybridized carbons (Fsp3) is 0.333. The minimum absolute atomic E-state index is 0.183. The van der Waals surface area contributed by atoms with Gasteiger partial charge in [0.05, 0.1) is 30.3 Å². The molecule has 4 aromatic heterocycles. The molecule has 2 unspecified atom stereocenters. The highest BCUT2D eigenvalue weighted by molar-refractivity contribution is 5.92. The fourth-order valence-electron chi connectivity index (χ4n) is 5.55. The Labute approximate surface area is 188 Å². The molecule has 0 saturated heterocycles. The molecule has 4 heterocycles. The Bertz CT molecular complexity index is 1330. The number of carboxylic acid groups (broad SMARTS) is 1. The summed E-state index contributed by atoms with van der Waals surface area (Å²) in [7, 11) is 0. The number of hydrogen-bond acceptors (Lipinski definition) is 6. The van der Waals surface area contributed by atoms with Crippen molar-refractivity contribution < 1.29 is 18.7 Å². The van der Waals surface area contributed by atoms with E-state index in [-0.39, 0.29) is 12.0 Å². The number of furan rings is 1. The van der Waals surface area contributed by atoms with Crippen LogP contribution in [0.15, 0.2) is 47.5 Å². The third-order valence-corrected chi connectivity index (χ3v) is 7.10. The maximum atomic E-state index is 13.9. The predicted molar refractivity (Wildman–Crippen MR) is 119 cm³/mol. The number of aliphatic carboxylic acids is 1. The van der Waals surface area contributed by atoms with Crippen LogP contribution in [0.25, 0.3) is 33.7 Å². The molecule has 0 radical (unpaired) electrons. The van der Waals surface area contributed by atoms with Crippen molar-refractivity contribution in [2.45, 2.75) is 31.7 Å². The normalized spacial score (nSPS) is 24.3. The van der Waals surface area contributed by atoms with Crippen LogP contribution in [0.5, 0.6) is 0 Å². The number of pyridine rings is 1. The smallest absolute Gasteiger partial charge is 0.308 e. The van der Waals surface area contributed by atoms with E-state index < -0.39 is 17.7 Å². The van der Waals surface area contributed by atoms with Crippen LogP contribution in [0.4, 0.5) is 10.2 Å². The number of halogens is 1. The van der Waals surface area contributed by atoms with E-state index in [2.05, 4.69) is 15.3 Å². The average molecular weight is 447 g/mol. The molecule has 3 N–H and O–H groups in total. The van der Waals surface area contributed by atoms with E-state index in [0.29, 0.717) is 39.9 Å². The van der Waals surface area contributed by atoms with Crippen LogP contribution in [0.3, 0.4) is 0 Å². The second-order valence-electron chi connectivity index (χ2n) is 8.94. The van der Waals surface area contributed by atoms with Crippen molar-refractivity contribution in [1.29, 1.82) is 0 Å². The first-order valence-electron chi connectivity index (χ1n) is 11.1. The summed E-state index contributed by atoms with van der Waals surface area (Å²) in [6.07, 6.45) is 9.98. The summed E-state index contributed by atoms with van der Waals surface area (Å²) in [5.74, 6) is -0.249. The molecule has 3 fully saturated rings. The van der Waals surface area contributed by atoms with E-state index >= 15 is 0 Å². The molecule has 7 rings (SSSR count). The molecule has 0 amide bonds. The summed E-state index contributed by atoms with van der Waals surface area (Å²) in [6, 6.07) is 4.81. The van der Waals surface area contributed by atoms with Gasteiger partial charge in [0.25, 0.3) is 0 Å². The quantitative estimate of drug-likeness (QED) is 0.405. The Morgan fingerprint density at radius 1 is 1.18 bits per heavy atom. The van der Waals surface area contributed by atoms with Gasteiger partial charge in [0.1, 0.15) is 17.3 Å². The molecule has 168 valence electrons. The van der Waals surface area contributed by atoms with Crippen molar-refractivity contribution in [1.82, 2.24) is 19.9 Å². The molecule has 0 aromatic carbocycles. The van der Waals surface area contributed by atoms with E-state index in [0.717, 1.165) is 37.4 Å². The Morgan fingerprint density at radius 3 is 2.76 bits per heavy atom. The Morgan fingerprint density at radius 2 is 2.00 bits per heavy atom. The number of aromatic amines is 1. The van der Waals surface area contributed by atoms with Crippen LogP contribution in [0.1, 0.15) is 25.7 Å². The summed E-state index contributed by atoms with van der Waals surface area (Å²) < 4.78 is 19.1. The highest BCUT2D eigenvalue weighted by Gasteiger charge is 2.47. The van der Waals surface area contributed by atoms with Crippen LogP contribution in [-0.2, 0) is 4.79 Å². The number of anilines is 1. The van der Waals surface area contributed by atoms with Crippen molar-refractivity contribution >= 4 is 22.8 Å². The van der Waals surface area contributed by atoms with Gasteiger partial charge in [0, 0.05) is 34.8 Å². The number of H-pyrrole nitrogens is 1. The van der Waals surface area contributed by atoms with Crippen LogP contribution in [-0.4, -0.2) is 37.1 Å². The third kappa shape index (κ3) is 3.44. The van der Waals surface area contributed by atoms with E-state index in [1.165, 1.54) is 6.07 Å². The summed E-state index contributed by atoms with van der Waals surface area (Å²) >= 11 is 0. The van der Waals surface area contributed by atoms with Crippen LogP contribution in [0.2, 0.25) is 0 Å². The number of hydrogen-bond donors (Lipinski definition) is 3. The second kappa shape index (κ2) is 7.68. The first-order chi connectivity index (χ1) is 16.1. The van der Waals surface area contributed by atoms with Crippen molar-refractivity contribution in [3.8, 4) is 22.6 Å². The van der Waals surface area contributed by atoms with Gasteiger partial charge in [-0.25, -0.2) is 19.3 Å². The monoisotopic (exact) mass is 447 g/mol. The lowest BCUT2D eigenvalue weighted by Crippen LogP contribution is -2.51. The second-order valence-corrected chi connectivity index (χ2v) is 8.94. The molecule has 9 heteroatoms. The third-order valence-electron chi connectivity index (χ3n) is 7.10. The van der Waals surface area contributed by atoms with Gasteiger partial charge in [-0.15, -0.1) is 0 Å². The van der Waals surface area contributed by atoms with Crippen molar-refractivity contribution in [3.63, 3.8) is 0 Å². The lowest BCUT2D eigenvalue weighted by atomic mass is 9.61. The maximum absolute atomic E-state index is 13.9. The average Bonchev–Trinajstić information content (AvgIpc) is 3.49. The van der Waals surface area contributed by atoms with E-state index in [1.807, 2.05) is 6.07 Å². The number of nitrogens with one attached hydrogen (secondary N) is 2. The number of fused-ring (bicyclic) bond motifs is 4. The zero-order chi connectivity index (χ0) is 22.5. The van der Waals surface area contributed by atoms with Gasteiger partial charge in [0.15, 0.2) is 5.82 Å². The summed E-state index contributed by atoms with van der Waals surface area (Å²) in [4.78, 5) is 28.6. The van der Waals surface area contributed by atoms with Crippen molar-refractivity contribution in [3.05, 3.63) is 48.9 Å². The number of carboxylic acids is 1. The lowest BCUT2D eigenvalue weighted by molar-refractivity contribution is -0.148. The van der Waals surface area contributed by atoms with Gasteiger partial charge in [-0.3, -0.25) is 4.79 Å². The van der Waals surface area contributed by atoms with Crippen molar-refractivity contribution in [2.75, 3.05) is 5.32 Å². The number of rotatable bonds is 5. The molecule has 0 spiro atoms. The molecule has 4 aromatic rings. The molecule has 3 saturated carbocycles. The van der Waals surface area contributed by atoms with Crippen LogP contribution < -0.4 is 5.32 Å².